The number of carboxylic acid groups (broad SMARTS) is 1. The Labute approximate surface area is 82.9 Å². The van der Waals surface area contributed by atoms with E-state index in [2.05, 4.69) is 0 Å². The summed E-state index contributed by atoms with van der Waals surface area (Å²) in [6.45, 7) is 0. The molecule has 1 aromatic heterocycles. The van der Waals surface area contributed by atoms with Gasteiger partial charge in [-0.1, -0.05) is 6.07 Å². The Morgan fingerprint density at radius 1 is 1.40 bits per heavy atom. The molecule has 78 valence electrons. The first-order valence-corrected chi connectivity index (χ1v) is 4.13. The average molecular weight is 212 g/mol. The molecular formula is C10H6F2O3. The molecule has 1 heterocycles. The molecular weight excluding hydrogens is 206 g/mol. The Morgan fingerprint density at radius 3 is 2.73 bits per heavy atom. The van der Waals surface area contributed by atoms with Gasteiger partial charge in [0, 0.05) is 5.39 Å². The number of furan rings is 1. The van der Waals surface area contributed by atoms with Crippen molar-refractivity contribution >= 4 is 16.9 Å². The van der Waals surface area contributed by atoms with Crippen molar-refractivity contribution in [1.82, 2.24) is 0 Å². The van der Waals surface area contributed by atoms with E-state index in [-0.39, 0.29) is 16.5 Å². The zero-order valence-corrected chi connectivity index (χ0v) is 7.41. The Kier molecular flexibility index (Phi) is 2.15. The Hall–Kier alpha value is -1.91. The smallest absolute Gasteiger partial charge is 0.336 e. The highest BCUT2D eigenvalue weighted by molar-refractivity contribution is 6.02. The van der Waals surface area contributed by atoms with Crippen LogP contribution < -0.4 is 0 Å². The van der Waals surface area contributed by atoms with E-state index >= 15 is 0 Å². The highest BCUT2D eigenvalue weighted by Crippen LogP contribution is 2.28. The predicted octanol–water partition coefficient (Wildman–Crippen LogP) is 3.07. The molecule has 15 heavy (non-hydrogen) atoms. The van der Waals surface area contributed by atoms with Crippen molar-refractivity contribution in [3.63, 3.8) is 0 Å². The molecule has 0 atom stereocenters. The number of hydrogen-bond acceptors (Lipinski definition) is 2. The van der Waals surface area contributed by atoms with Crippen LogP contribution in [0, 0.1) is 0 Å². The summed E-state index contributed by atoms with van der Waals surface area (Å²) in [6, 6.07) is 5.30. The molecule has 0 spiro atoms. The van der Waals surface area contributed by atoms with Crippen LogP contribution in [0.5, 0.6) is 0 Å². The first-order valence-electron chi connectivity index (χ1n) is 4.13. The highest BCUT2D eigenvalue weighted by Gasteiger charge is 2.17. The van der Waals surface area contributed by atoms with Crippen molar-refractivity contribution in [2.75, 3.05) is 0 Å². The highest BCUT2D eigenvalue weighted by atomic mass is 19.3. The van der Waals surface area contributed by atoms with Gasteiger partial charge in [-0.05, 0) is 18.2 Å². The fourth-order valence-electron chi connectivity index (χ4n) is 1.37. The molecule has 0 saturated carbocycles. The van der Waals surface area contributed by atoms with Crippen molar-refractivity contribution in [2.45, 2.75) is 6.43 Å². The van der Waals surface area contributed by atoms with Crippen molar-refractivity contribution in [3.8, 4) is 0 Å². The van der Waals surface area contributed by atoms with E-state index in [0.717, 1.165) is 6.07 Å². The molecule has 0 aliphatic carbocycles. The molecule has 0 radical (unpaired) electrons. The molecule has 5 heteroatoms. The van der Waals surface area contributed by atoms with Crippen LogP contribution >= 0.6 is 0 Å². The van der Waals surface area contributed by atoms with Gasteiger partial charge < -0.3 is 9.52 Å². The minimum atomic E-state index is -2.74. The van der Waals surface area contributed by atoms with E-state index in [9.17, 15) is 13.6 Å². The van der Waals surface area contributed by atoms with E-state index in [1.807, 2.05) is 0 Å². The van der Waals surface area contributed by atoms with Crippen LogP contribution in [0.3, 0.4) is 0 Å². The van der Waals surface area contributed by atoms with E-state index in [1.54, 1.807) is 0 Å². The van der Waals surface area contributed by atoms with Crippen LogP contribution in [-0.4, -0.2) is 11.1 Å². The largest absolute Gasteiger partial charge is 0.478 e. The number of alkyl halides is 2. The van der Waals surface area contributed by atoms with Gasteiger partial charge in [-0.2, -0.15) is 0 Å². The SMILES string of the molecule is O=C(O)c1cccc2oc(C(F)F)cc12. The lowest BCUT2D eigenvalue weighted by atomic mass is 10.1. The van der Waals surface area contributed by atoms with Crippen molar-refractivity contribution in [1.29, 1.82) is 0 Å². The Balaban J connectivity index is 2.70. The molecule has 0 aliphatic heterocycles. The molecule has 1 N–H and O–H groups in total. The minimum absolute atomic E-state index is 0.0387. The van der Waals surface area contributed by atoms with E-state index in [4.69, 9.17) is 9.52 Å². The van der Waals surface area contributed by atoms with Crippen molar-refractivity contribution < 1.29 is 23.1 Å². The number of halogens is 2. The molecule has 0 saturated heterocycles. The second-order valence-electron chi connectivity index (χ2n) is 2.97. The molecule has 0 amide bonds. The molecule has 2 aromatic rings. The second kappa shape index (κ2) is 3.34. The first-order chi connectivity index (χ1) is 7.09. The fourth-order valence-corrected chi connectivity index (χ4v) is 1.37. The number of carboxylic acids is 1. The van der Waals surface area contributed by atoms with E-state index in [0.29, 0.717) is 0 Å². The normalized spacial score (nSPS) is 11.1. The molecule has 1 aromatic carbocycles. The van der Waals surface area contributed by atoms with Gasteiger partial charge in [0.15, 0.2) is 5.76 Å². The number of carbonyl (C=O) groups is 1. The summed E-state index contributed by atoms with van der Waals surface area (Å²) < 4.78 is 29.4. The van der Waals surface area contributed by atoms with Crippen LogP contribution in [0.15, 0.2) is 28.7 Å². The predicted molar refractivity (Wildman–Crippen MR) is 48.1 cm³/mol. The maximum absolute atomic E-state index is 12.3. The third-order valence-corrected chi connectivity index (χ3v) is 2.03. The monoisotopic (exact) mass is 212 g/mol. The number of benzene rings is 1. The molecule has 2 rings (SSSR count). The van der Waals surface area contributed by atoms with E-state index < -0.39 is 18.2 Å². The lowest BCUT2D eigenvalue weighted by Crippen LogP contribution is -1.95. The fraction of sp³-hybridized carbons (Fsp3) is 0.100. The topological polar surface area (TPSA) is 50.4 Å². The summed E-state index contributed by atoms with van der Waals surface area (Å²) in [5.74, 6) is -1.68. The van der Waals surface area contributed by atoms with Gasteiger partial charge >= 0.3 is 5.97 Å². The Morgan fingerprint density at radius 2 is 2.13 bits per heavy atom. The molecule has 0 fully saturated rings. The van der Waals surface area contributed by atoms with Gasteiger partial charge in [0.2, 0.25) is 0 Å². The van der Waals surface area contributed by atoms with Crippen LogP contribution in [0.25, 0.3) is 11.0 Å². The lowest BCUT2D eigenvalue weighted by molar-refractivity contribution is 0.0699. The lowest BCUT2D eigenvalue weighted by Gasteiger charge is -1.93. The van der Waals surface area contributed by atoms with Gasteiger partial charge in [-0.3, -0.25) is 0 Å². The van der Waals surface area contributed by atoms with Crippen LogP contribution in [0.2, 0.25) is 0 Å². The summed E-state index contributed by atoms with van der Waals surface area (Å²) in [7, 11) is 0. The average Bonchev–Trinajstić information content (AvgIpc) is 2.60. The molecule has 3 nitrogen and oxygen atoms in total. The maximum atomic E-state index is 12.3. The van der Waals surface area contributed by atoms with Crippen molar-refractivity contribution in [2.24, 2.45) is 0 Å². The van der Waals surface area contributed by atoms with E-state index in [1.165, 1.54) is 18.2 Å². The van der Waals surface area contributed by atoms with Crippen LogP contribution in [0.1, 0.15) is 22.5 Å². The first kappa shape index (κ1) is 9.64. The third kappa shape index (κ3) is 1.56. The quantitative estimate of drug-likeness (QED) is 0.832. The summed E-state index contributed by atoms with van der Waals surface area (Å²) in [5, 5.41) is 9.00. The third-order valence-electron chi connectivity index (χ3n) is 2.03. The van der Waals surface area contributed by atoms with Gasteiger partial charge in [0.25, 0.3) is 6.43 Å². The Bertz CT molecular complexity index is 516. The van der Waals surface area contributed by atoms with Gasteiger partial charge in [0.05, 0.1) is 5.56 Å². The van der Waals surface area contributed by atoms with Gasteiger partial charge in [0.1, 0.15) is 5.58 Å². The number of hydrogen-bond donors (Lipinski definition) is 1. The van der Waals surface area contributed by atoms with Crippen LogP contribution in [-0.2, 0) is 0 Å². The van der Waals surface area contributed by atoms with Gasteiger partial charge in [-0.15, -0.1) is 0 Å². The molecule has 0 unspecified atom stereocenters. The number of fused-ring (bicyclic) bond motifs is 1. The number of aromatic carboxylic acids is 1. The number of rotatable bonds is 2. The van der Waals surface area contributed by atoms with Crippen LogP contribution in [0.4, 0.5) is 8.78 Å². The second-order valence-corrected chi connectivity index (χ2v) is 2.97. The molecule has 0 aliphatic rings. The minimum Gasteiger partial charge on any atom is -0.478 e. The summed E-state index contributed by atoms with van der Waals surface area (Å²) >= 11 is 0. The van der Waals surface area contributed by atoms with Crippen molar-refractivity contribution in [3.05, 3.63) is 35.6 Å². The standard InChI is InChI=1S/C10H6F2O3/c11-9(12)8-4-6-5(10(13)14)2-1-3-7(6)15-8/h1-4,9H,(H,13,14). The van der Waals surface area contributed by atoms with Gasteiger partial charge in [-0.25, -0.2) is 13.6 Å². The molecule has 0 bridgehead atoms. The zero-order valence-electron chi connectivity index (χ0n) is 7.41. The maximum Gasteiger partial charge on any atom is 0.336 e. The summed E-state index contributed by atoms with van der Waals surface area (Å²) in [6.07, 6.45) is -2.74. The zero-order chi connectivity index (χ0) is 11.0. The summed E-state index contributed by atoms with van der Waals surface area (Å²) in [4.78, 5) is 10.8. The summed E-state index contributed by atoms with van der Waals surface area (Å²) in [5.41, 5.74) is 0.119.